The van der Waals surface area contributed by atoms with Gasteiger partial charge in [0.2, 0.25) is 5.79 Å². The van der Waals surface area contributed by atoms with E-state index in [1.807, 2.05) is 12.1 Å². The summed E-state index contributed by atoms with van der Waals surface area (Å²) >= 11 is 6.67. The molecule has 1 N–H and O–H groups in total. The third-order valence-electron chi connectivity index (χ3n) is 10.1. The van der Waals surface area contributed by atoms with Crippen LogP contribution in [0.4, 0.5) is 15.8 Å². The minimum Gasteiger partial charge on any atom is -0.478 e. The Morgan fingerprint density at radius 1 is 0.958 bits per heavy atom. The molecule has 1 amide bonds. The number of rotatable bonds is 5. The van der Waals surface area contributed by atoms with Crippen molar-refractivity contribution in [2.75, 3.05) is 56.0 Å². The fourth-order valence-electron chi connectivity index (χ4n) is 7.47. The number of carbonyl (C=O) groups excluding carboxylic acids is 1. The van der Waals surface area contributed by atoms with Crippen molar-refractivity contribution in [3.05, 3.63) is 76.1 Å². The van der Waals surface area contributed by atoms with Gasteiger partial charge in [0.25, 0.3) is 5.91 Å². The molecular weight excluding hydrogens is 641 g/mol. The number of hydrogen-bond acceptors (Lipinski definition) is 8. The van der Waals surface area contributed by atoms with Gasteiger partial charge in [-0.2, -0.15) is 0 Å². The Kier molecular flexibility index (Phi) is 7.59. The first kappa shape index (κ1) is 31.4. The average Bonchev–Trinajstić information content (AvgIpc) is 3.29. The van der Waals surface area contributed by atoms with Crippen LogP contribution in [0.2, 0.25) is 5.02 Å². The lowest BCUT2D eigenvalue weighted by Gasteiger charge is -2.54. The minimum absolute atomic E-state index is 0.00666. The molecule has 252 valence electrons. The molecule has 0 saturated carbocycles. The number of ether oxygens (including phenoxy) is 4. The van der Waals surface area contributed by atoms with E-state index < -0.39 is 17.6 Å². The van der Waals surface area contributed by atoms with Gasteiger partial charge in [-0.1, -0.05) is 43.6 Å². The van der Waals surface area contributed by atoms with Gasteiger partial charge in [0.05, 0.1) is 80.0 Å². The Hall–Kier alpha value is -3.90. The van der Waals surface area contributed by atoms with Crippen LogP contribution in [0.15, 0.2) is 48.5 Å². The lowest BCUT2D eigenvalue weighted by molar-refractivity contribution is -0.307. The van der Waals surface area contributed by atoms with Gasteiger partial charge in [-0.15, -0.1) is 0 Å². The van der Waals surface area contributed by atoms with Gasteiger partial charge in [0.1, 0.15) is 11.6 Å². The van der Waals surface area contributed by atoms with Crippen LogP contribution in [0.5, 0.6) is 5.75 Å². The number of benzene rings is 3. The van der Waals surface area contributed by atoms with Gasteiger partial charge in [-0.25, -0.2) is 9.18 Å². The Balaban J connectivity index is 1.01. The number of halogens is 2. The van der Waals surface area contributed by atoms with Crippen molar-refractivity contribution in [2.24, 2.45) is 5.41 Å². The maximum atomic E-state index is 15.7. The predicted octanol–water partition coefficient (Wildman–Crippen LogP) is 5.79. The van der Waals surface area contributed by atoms with Gasteiger partial charge < -0.3 is 38.8 Å². The summed E-state index contributed by atoms with van der Waals surface area (Å²) in [5.41, 5.74) is 3.08. The van der Waals surface area contributed by atoms with E-state index >= 15 is 4.39 Å². The van der Waals surface area contributed by atoms with Crippen molar-refractivity contribution in [2.45, 2.75) is 51.1 Å². The number of para-hydroxylation sites is 1. The van der Waals surface area contributed by atoms with Gasteiger partial charge in [-0.3, -0.25) is 4.79 Å². The highest BCUT2D eigenvalue weighted by molar-refractivity contribution is 6.34. The van der Waals surface area contributed by atoms with Gasteiger partial charge >= 0.3 is 5.97 Å². The molecule has 3 aromatic carbocycles. The molecule has 5 aliphatic rings. The summed E-state index contributed by atoms with van der Waals surface area (Å²) in [6.45, 7) is 7.85. The normalized spacial score (nSPS) is 23.8. The van der Waals surface area contributed by atoms with Crippen LogP contribution in [-0.4, -0.2) is 86.0 Å². The molecule has 1 spiro atoms. The van der Waals surface area contributed by atoms with E-state index in [1.165, 1.54) is 0 Å². The average molecular weight is 678 g/mol. The molecule has 0 aliphatic carbocycles. The van der Waals surface area contributed by atoms with E-state index in [0.29, 0.717) is 72.7 Å². The van der Waals surface area contributed by atoms with Crippen molar-refractivity contribution in [1.82, 2.24) is 4.90 Å². The molecule has 5 heterocycles. The second-order valence-corrected chi connectivity index (χ2v) is 14.6. The largest absolute Gasteiger partial charge is 0.478 e. The van der Waals surface area contributed by atoms with Crippen molar-refractivity contribution in [3.8, 4) is 16.9 Å². The molecular formula is C36H37ClFN3O7. The molecule has 4 saturated heterocycles. The van der Waals surface area contributed by atoms with Gasteiger partial charge in [0, 0.05) is 27.8 Å². The number of carbonyl (C=O) groups is 2. The summed E-state index contributed by atoms with van der Waals surface area (Å²) in [5.74, 6) is -2.26. The van der Waals surface area contributed by atoms with E-state index in [9.17, 15) is 14.7 Å². The van der Waals surface area contributed by atoms with E-state index in [0.717, 1.165) is 24.6 Å². The molecule has 2 unspecified atom stereocenters. The molecule has 5 aliphatic heterocycles. The maximum absolute atomic E-state index is 15.7. The Labute approximate surface area is 282 Å². The summed E-state index contributed by atoms with van der Waals surface area (Å²) < 4.78 is 39.6. The Morgan fingerprint density at radius 2 is 1.69 bits per heavy atom. The fourth-order valence-corrected chi connectivity index (χ4v) is 7.73. The van der Waals surface area contributed by atoms with Crippen LogP contribution < -0.4 is 14.5 Å². The third kappa shape index (κ3) is 5.37. The number of carboxylic acids is 1. The topological polar surface area (TPSA) is 101 Å². The van der Waals surface area contributed by atoms with Crippen LogP contribution in [-0.2, 0) is 20.8 Å². The first-order valence-electron chi connectivity index (χ1n) is 16.3. The highest BCUT2D eigenvalue weighted by Crippen LogP contribution is 2.44. The van der Waals surface area contributed by atoms with Crippen LogP contribution in [0.1, 0.15) is 53.0 Å². The van der Waals surface area contributed by atoms with Crippen LogP contribution >= 0.6 is 11.6 Å². The summed E-state index contributed by atoms with van der Waals surface area (Å²) in [6, 6.07) is 13.6. The highest BCUT2D eigenvalue weighted by atomic mass is 35.5. The quantitative estimate of drug-likeness (QED) is 0.360. The lowest BCUT2D eigenvalue weighted by atomic mass is 9.93. The van der Waals surface area contributed by atoms with Crippen molar-refractivity contribution in [3.63, 3.8) is 0 Å². The zero-order valence-electron chi connectivity index (χ0n) is 26.8. The zero-order valence-corrected chi connectivity index (χ0v) is 27.6. The maximum Gasteiger partial charge on any atom is 0.337 e. The number of amides is 1. The molecule has 8 rings (SSSR count). The summed E-state index contributed by atoms with van der Waals surface area (Å²) in [6.07, 6.45) is 1.77. The summed E-state index contributed by atoms with van der Waals surface area (Å²) in [5, 5.41) is 10.3. The van der Waals surface area contributed by atoms with Gasteiger partial charge in [-0.05, 0) is 43.2 Å². The molecule has 4 fully saturated rings. The molecule has 0 radical (unpaired) electrons. The van der Waals surface area contributed by atoms with Crippen molar-refractivity contribution < 1.29 is 38.0 Å². The van der Waals surface area contributed by atoms with Crippen molar-refractivity contribution in [1.29, 1.82) is 0 Å². The number of fused-ring (bicyclic) bond motifs is 3. The van der Waals surface area contributed by atoms with Gasteiger partial charge in [0.15, 0.2) is 6.73 Å². The highest BCUT2D eigenvalue weighted by Gasteiger charge is 2.50. The van der Waals surface area contributed by atoms with Crippen LogP contribution in [0, 0.1) is 11.2 Å². The van der Waals surface area contributed by atoms with Crippen molar-refractivity contribution >= 4 is 34.9 Å². The number of hydrogen-bond donors (Lipinski definition) is 1. The van der Waals surface area contributed by atoms with Crippen LogP contribution in [0.3, 0.4) is 0 Å². The first-order valence-corrected chi connectivity index (χ1v) is 16.7. The SMILES string of the molecule is CC1(C)COC2(CN(c3ccc(C(=O)N4COc5c(cccc5-c5cc(N6C7CCC6COC7)c(C(=O)O)cc5F)C4)c(Cl)c3)C2)OC1. The summed E-state index contributed by atoms with van der Waals surface area (Å²) in [4.78, 5) is 31.6. The number of anilines is 2. The standard InChI is InChI=1S/C36H37ClFN3O7/c1-35(2)18-47-36(48-19-35)16-40(17-36)22-8-9-26(29(37)10-22)33(42)39-13-21-4-3-5-25(32(21)46-20-39)27-12-31(28(34(43)44)11-30(27)38)41-23-6-7-24(41)15-45-14-23/h3-5,8-12,23-24H,6-7,13-20H2,1-2H3,(H,43,44). The van der Waals surface area contributed by atoms with E-state index in [1.54, 1.807) is 35.2 Å². The number of morpholine rings is 1. The first-order chi connectivity index (χ1) is 23.0. The third-order valence-corrected chi connectivity index (χ3v) is 10.4. The van der Waals surface area contributed by atoms with E-state index in [-0.39, 0.29) is 47.8 Å². The molecule has 48 heavy (non-hydrogen) atoms. The monoisotopic (exact) mass is 677 g/mol. The molecule has 12 heteroatoms. The van der Waals surface area contributed by atoms with E-state index in [4.69, 9.17) is 30.5 Å². The fraction of sp³-hybridized carbons (Fsp3) is 0.444. The number of carboxylic acid groups (broad SMARTS) is 1. The number of nitrogens with zero attached hydrogens (tertiary/aromatic N) is 3. The molecule has 10 nitrogen and oxygen atoms in total. The lowest BCUT2D eigenvalue weighted by Crippen LogP contribution is -2.68. The second-order valence-electron chi connectivity index (χ2n) is 14.2. The van der Waals surface area contributed by atoms with E-state index in [2.05, 4.69) is 23.6 Å². The smallest absolute Gasteiger partial charge is 0.337 e. The molecule has 0 aromatic heterocycles. The zero-order chi connectivity index (χ0) is 33.4. The summed E-state index contributed by atoms with van der Waals surface area (Å²) in [7, 11) is 0. The second kappa shape index (κ2) is 11.6. The Morgan fingerprint density at radius 3 is 2.38 bits per heavy atom. The minimum atomic E-state index is -1.18. The predicted molar refractivity (Wildman–Crippen MR) is 176 cm³/mol. The Bertz CT molecular complexity index is 1780. The molecule has 3 aromatic rings. The number of aromatic carboxylic acids is 1. The van der Waals surface area contributed by atoms with Crippen LogP contribution in [0.25, 0.3) is 11.1 Å². The molecule has 2 atom stereocenters. The molecule has 2 bridgehead atoms.